The van der Waals surface area contributed by atoms with Crippen molar-refractivity contribution < 1.29 is 4.79 Å². The van der Waals surface area contributed by atoms with Crippen LogP contribution in [0.3, 0.4) is 0 Å². The molecule has 1 aliphatic rings. The van der Waals surface area contributed by atoms with Gasteiger partial charge in [0.2, 0.25) is 5.91 Å². The van der Waals surface area contributed by atoms with Crippen LogP contribution in [0.4, 0.5) is 0 Å². The molecule has 0 saturated heterocycles. The zero-order chi connectivity index (χ0) is 15.7. The molecule has 1 heterocycles. The lowest BCUT2D eigenvalue weighted by Crippen LogP contribution is -2.31. The molecule has 22 heavy (non-hydrogen) atoms. The maximum Gasteiger partial charge on any atom is 0.225 e. The number of amides is 1. The molecule has 1 aromatic heterocycles. The van der Waals surface area contributed by atoms with Crippen molar-refractivity contribution in [2.75, 3.05) is 0 Å². The average Bonchev–Trinajstić information content (AvgIpc) is 3.06. The van der Waals surface area contributed by atoms with Crippen molar-refractivity contribution >= 4 is 17.5 Å². The van der Waals surface area contributed by atoms with E-state index in [0.717, 1.165) is 17.5 Å². The standard InChI is InChI=1S/C17H20ClN3O/c1-11-7-15(11)17(13-3-5-14(18)6-4-13)20-16(22)8-12-9-19-21(2)10-12/h3-6,9-11,15,17H,7-8H2,1-2H3,(H,20,22)/t11-,15+,17-/m1/s1. The molecule has 1 aromatic carbocycles. The van der Waals surface area contributed by atoms with Gasteiger partial charge < -0.3 is 5.32 Å². The summed E-state index contributed by atoms with van der Waals surface area (Å²) < 4.78 is 1.71. The molecule has 1 saturated carbocycles. The molecule has 1 aliphatic carbocycles. The summed E-state index contributed by atoms with van der Waals surface area (Å²) in [6.07, 6.45) is 5.12. The third-order valence-electron chi connectivity index (χ3n) is 4.27. The normalized spacial score (nSPS) is 21.4. The summed E-state index contributed by atoms with van der Waals surface area (Å²) in [4.78, 5) is 12.3. The molecule has 0 spiro atoms. The summed E-state index contributed by atoms with van der Waals surface area (Å²) in [7, 11) is 1.85. The molecular formula is C17H20ClN3O. The van der Waals surface area contributed by atoms with Gasteiger partial charge in [-0.15, -0.1) is 0 Å². The van der Waals surface area contributed by atoms with E-state index in [1.54, 1.807) is 10.9 Å². The highest BCUT2D eigenvalue weighted by molar-refractivity contribution is 6.30. The first kappa shape index (κ1) is 15.1. The molecule has 3 atom stereocenters. The number of benzene rings is 1. The molecule has 1 fully saturated rings. The fourth-order valence-corrected chi connectivity index (χ4v) is 3.02. The molecule has 3 rings (SSSR count). The Labute approximate surface area is 135 Å². The number of carbonyl (C=O) groups is 1. The Morgan fingerprint density at radius 2 is 2.14 bits per heavy atom. The maximum atomic E-state index is 12.3. The van der Waals surface area contributed by atoms with E-state index in [-0.39, 0.29) is 11.9 Å². The Balaban J connectivity index is 1.70. The van der Waals surface area contributed by atoms with Crippen LogP contribution < -0.4 is 5.32 Å². The maximum absolute atomic E-state index is 12.3. The first-order valence-electron chi connectivity index (χ1n) is 7.55. The molecule has 2 aromatic rings. The van der Waals surface area contributed by atoms with Crippen molar-refractivity contribution in [2.24, 2.45) is 18.9 Å². The number of halogens is 1. The fourth-order valence-electron chi connectivity index (χ4n) is 2.90. The van der Waals surface area contributed by atoms with Crippen LogP contribution in [0.15, 0.2) is 36.7 Å². The third-order valence-corrected chi connectivity index (χ3v) is 4.52. The average molecular weight is 318 g/mol. The number of carbonyl (C=O) groups excluding carboxylic acids is 1. The van der Waals surface area contributed by atoms with Crippen LogP contribution in [-0.2, 0) is 18.3 Å². The van der Waals surface area contributed by atoms with E-state index in [1.165, 1.54) is 0 Å². The summed E-state index contributed by atoms with van der Waals surface area (Å²) in [6.45, 7) is 2.22. The van der Waals surface area contributed by atoms with Crippen molar-refractivity contribution in [1.29, 1.82) is 0 Å². The van der Waals surface area contributed by atoms with Gasteiger partial charge in [0, 0.05) is 18.3 Å². The number of rotatable bonds is 5. The van der Waals surface area contributed by atoms with E-state index in [0.29, 0.717) is 23.3 Å². The molecule has 1 amide bonds. The van der Waals surface area contributed by atoms with E-state index < -0.39 is 0 Å². The van der Waals surface area contributed by atoms with Crippen LogP contribution in [0.2, 0.25) is 5.02 Å². The molecular weight excluding hydrogens is 298 g/mol. The fraction of sp³-hybridized carbons (Fsp3) is 0.412. The predicted octanol–water partition coefficient (Wildman–Crippen LogP) is 3.13. The Kier molecular flexibility index (Phi) is 4.21. The summed E-state index contributed by atoms with van der Waals surface area (Å²) in [5.41, 5.74) is 2.05. The van der Waals surface area contributed by atoms with Gasteiger partial charge in [-0.1, -0.05) is 30.7 Å². The lowest BCUT2D eigenvalue weighted by Gasteiger charge is -2.19. The van der Waals surface area contributed by atoms with E-state index in [1.807, 2.05) is 37.5 Å². The highest BCUT2D eigenvalue weighted by Crippen LogP contribution is 2.47. The van der Waals surface area contributed by atoms with Crippen LogP contribution in [0.25, 0.3) is 0 Å². The van der Waals surface area contributed by atoms with Gasteiger partial charge in [-0.05, 0) is 41.5 Å². The Morgan fingerprint density at radius 1 is 1.45 bits per heavy atom. The zero-order valence-corrected chi connectivity index (χ0v) is 13.5. The third kappa shape index (κ3) is 3.50. The van der Waals surface area contributed by atoms with Crippen LogP contribution in [0, 0.1) is 11.8 Å². The number of nitrogens with zero attached hydrogens (tertiary/aromatic N) is 2. The molecule has 0 aliphatic heterocycles. The van der Waals surface area contributed by atoms with Crippen LogP contribution in [0.5, 0.6) is 0 Å². The molecule has 1 N–H and O–H groups in total. The SMILES string of the molecule is C[C@@H]1C[C@@H]1[C@H](NC(=O)Cc1cnn(C)c1)c1ccc(Cl)cc1. The molecule has 0 unspecified atom stereocenters. The smallest absolute Gasteiger partial charge is 0.225 e. The number of aromatic nitrogens is 2. The van der Waals surface area contributed by atoms with Gasteiger partial charge in [0.15, 0.2) is 0 Å². The van der Waals surface area contributed by atoms with Gasteiger partial charge in [-0.2, -0.15) is 5.10 Å². The first-order chi connectivity index (χ1) is 10.5. The number of hydrogen-bond acceptors (Lipinski definition) is 2. The highest BCUT2D eigenvalue weighted by atomic mass is 35.5. The van der Waals surface area contributed by atoms with E-state index in [9.17, 15) is 4.79 Å². The summed E-state index contributed by atoms with van der Waals surface area (Å²) in [6, 6.07) is 7.83. The quantitative estimate of drug-likeness (QED) is 0.921. The van der Waals surface area contributed by atoms with Gasteiger partial charge in [-0.3, -0.25) is 9.48 Å². The number of nitrogens with one attached hydrogen (secondary N) is 1. The minimum atomic E-state index is 0.0343. The Bertz CT molecular complexity index is 665. The van der Waals surface area contributed by atoms with Gasteiger partial charge in [-0.25, -0.2) is 0 Å². The lowest BCUT2D eigenvalue weighted by molar-refractivity contribution is -0.121. The second kappa shape index (κ2) is 6.13. The van der Waals surface area contributed by atoms with Crippen molar-refractivity contribution in [3.05, 3.63) is 52.8 Å². The van der Waals surface area contributed by atoms with Crippen molar-refractivity contribution in [3.8, 4) is 0 Å². The topological polar surface area (TPSA) is 46.9 Å². The predicted molar refractivity (Wildman–Crippen MR) is 86.5 cm³/mol. The van der Waals surface area contributed by atoms with Crippen molar-refractivity contribution in [1.82, 2.24) is 15.1 Å². The summed E-state index contributed by atoms with van der Waals surface area (Å²) >= 11 is 5.96. The van der Waals surface area contributed by atoms with Crippen LogP contribution >= 0.6 is 11.6 Å². The zero-order valence-electron chi connectivity index (χ0n) is 12.8. The molecule has 0 bridgehead atoms. The lowest BCUT2D eigenvalue weighted by atomic mass is 10.0. The summed E-state index contributed by atoms with van der Waals surface area (Å²) in [5, 5.41) is 8.00. The molecule has 4 nitrogen and oxygen atoms in total. The monoisotopic (exact) mass is 317 g/mol. The Hall–Kier alpha value is -1.81. The number of hydrogen-bond donors (Lipinski definition) is 1. The van der Waals surface area contributed by atoms with E-state index >= 15 is 0 Å². The second-order valence-corrected chi connectivity index (χ2v) is 6.61. The van der Waals surface area contributed by atoms with Crippen LogP contribution in [-0.4, -0.2) is 15.7 Å². The molecule has 0 radical (unpaired) electrons. The summed E-state index contributed by atoms with van der Waals surface area (Å²) in [5.74, 6) is 1.20. The van der Waals surface area contributed by atoms with Gasteiger partial charge in [0.1, 0.15) is 0 Å². The van der Waals surface area contributed by atoms with Crippen molar-refractivity contribution in [2.45, 2.75) is 25.8 Å². The highest BCUT2D eigenvalue weighted by Gasteiger charge is 2.40. The largest absolute Gasteiger partial charge is 0.349 e. The minimum Gasteiger partial charge on any atom is -0.349 e. The van der Waals surface area contributed by atoms with Gasteiger partial charge in [0.05, 0.1) is 18.7 Å². The Morgan fingerprint density at radius 3 is 2.68 bits per heavy atom. The van der Waals surface area contributed by atoms with E-state index in [2.05, 4.69) is 17.3 Å². The van der Waals surface area contributed by atoms with Gasteiger partial charge in [0.25, 0.3) is 0 Å². The first-order valence-corrected chi connectivity index (χ1v) is 7.93. The van der Waals surface area contributed by atoms with Crippen LogP contribution in [0.1, 0.15) is 30.5 Å². The number of aryl methyl sites for hydroxylation is 1. The minimum absolute atomic E-state index is 0.0343. The molecule has 116 valence electrons. The van der Waals surface area contributed by atoms with Gasteiger partial charge >= 0.3 is 0 Å². The second-order valence-electron chi connectivity index (χ2n) is 6.17. The van der Waals surface area contributed by atoms with E-state index in [4.69, 9.17) is 11.6 Å². The van der Waals surface area contributed by atoms with Crippen molar-refractivity contribution in [3.63, 3.8) is 0 Å². The molecule has 5 heteroatoms.